The van der Waals surface area contributed by atoms with E-state index >= 15 is 0 Å². The van der Waals surface area contributed by atoms with Crippen LogP contribution in [0.4, 0.5) is 0 Å². The molecule has 0 aromatic heterocycles. The highest BCUT2D eigenvalue weighted by Crippen LogP contribution is 2.02. The lowest BCUT2D eigenvalue weighted by atomic mass is 10.2. The minimum atomic E-state index is -0.120. The number of likely N-dealkylation sites (N-methyl/N-ethyl adjacent to an activating group) is 1. The average molecular weight is 216 g/mol. The minimum absolute atomic E-state index is 0.120. The number of rotatable bonds is 7. The van der Waals surface area contributed by atoms with Gasteiger partial charge in [-0.3, -0.25) is 4.90 Å². The number of hydrogen-bond acceptors (Lipinski definition) is 5. The van der Waals surface area contributed by atoms with E-state index in [-0.39, 0.29) is 6.04 Å². The number of carbonyl (C=O) groups is 1. The molecule has 0 bridgehead atoms. The summed E-state index contributed by atoms with van der Waals surface area (Å²) in [5.74, 6) is 0. The van der Waals surface area contributed by atoms with Crippen molar-refractivity contribution in [2.24, 2.45) is 0 Å². The first-order valence-electron chi connectivity index (χ1n) is 5.38. The van der Waals surface area contributed by atoms with Crippen molar-refractivity contribution in [3.63, 3.8) is 0 Å². The monoisotopic (exact) mass is 216 g/mol. The van der Waals surface area contributed by atoms with Gasteiger partial charge in [-0.1, -0.05) is 0 Å². The standard InChI is InChI=1S/C10H20N2O3/c1-11-2-5-15-9-10(8-13)12-3-6-14-7-4-12/h8,10-11H,2-7,9H2,1H3. The third-order valence-corrected chi connectivity index (χ3v) is 2.46. The van der Waals surface area contributed by atoms with Gasteiger partial charge in [-0.05, 0) is 7.05 Å². The highest BCUT2D eigenvalue weighted by Gasteiger charge is 2.20. The van der Waals surface area contributed by atoms with Crippen molar-refractivity contribution < 1.29 is 14.3 Å². The van der Waals surface area contributed by atoms with Gasteiger partial charge in [0.15, 0.2) is 0 Å². The van der Waals surface area contributed by atoms with Gasteiger partial charge in [0.2, 0.25) is 0 Å². The molecule has 5 heteroatoms. The molecule has 0 aliphatic carbocycles. The van der Waals surface area contributed by atoms with Gasteiger partial charge < -0.3 is 19.6 Å². The SMILES string of the molecule is CNCCOCC(C=O)N1CCOCC1. The third-order valence-electron chi connectivity index (χ3n) is 2.46. The molecule has 1 heterocycles. The number of nitrogens with zero attached hydrogens (tertiary/aromatic N) is 1. The lowest BCUT2D eigenvalue weighted by molar-refractivity contribution is -0.116. The quantitative estimate of drug-likeness (QED) is 0.442. The van der Waals surface area contributed by atoms with Crippen LogP contribution in [0.2, 0.25) is 0 Å². The molecule has 15 heavy (non-hydrogen) atoms. The topological polar surface area (TPSA) is 50.8 Å². The smallest absolute Gasteiger partial charge is 0.139 e. The first-order valence-corrected chi connectivity index (χ1v) is 5.38. The number of ether oxygens (including phenoxy) is 2. The first-order chi connectivity index (χ1) is 7.38. The summed E-state index contributed by atoms with van der Waals surface area (Å²) < 4.78 is 10.6. The Balaban J connectivity index is 2.18. The lowest BCUT2D eigenvalue weighted by Crippen LogP contribution is -2.46. The fraction of sp³-hybridized carbons (Fsp3) is 0.900. The van der Waals surface area contributed by atoms with Crippen LogP contribution >= 0.6 is 0 Å². The average Bonchev–Trinajstić information content (AvgIpc) is 2.30. The lowest BCUT2D eigenvalue weighted by Gasteiger charge is -2.31. The van der Waals surface area contributed by atoms with Crippen LogP contribution in [0.15, 0.2) is 0 Å². The van der Waals surface area contributed by atoms with E-state index in [9.17, 15) is 4.79 Å². The second-order valence-electron chi connectivity index (χ2n) is 3.53. The molecule has 1 atom stereocenters. The Hall–Kier alpha value is -0.490. The van der Waals surface area contributed by atoms with Crippen LogP contribution in [0, 0.1) is 0 Å². The van der Waals surface area contributed by atoms with Crippen LogP contribution in [0.25, 0.3) is 0 Å². The van der Waals surface area contributed by atoms with Crippen molar-refractivity contribution in [2.45, 2.75) is 6.04 Å². The molecular weight excluding hydrogens is 196 g/mol. The zero-order valence-corrected chi connectivity index (χ0v) is 9.28. The molecule has 0 spiro atoms. The van der Waals surface area contributed by atoms with Crippen LogP contribution in [-0.4, -0.2) is 70.3 Å². The summed E-state index contributed by atoms with van der Waals surface area (Å²) >= 11 is 0. The van der Waals surface area contributed by atoms with Crippen LogP contribution in [0.1, 0.15) is 0 Å². The summed E-state index contributed by atoms with van der Waals surface area (Å²) in [7, 11) is 1.88. The normalized spacial score (nSPS) is 20.1. The summed E-state index contributed by atoms with van der Waals surface area (Å²) in [4.78, 5) is 13.0. The molecule has 1 N–H and O–H groups in total. The largest absolute Gasteiger partial charge is 0.379 e. The predicted molar refractivity (Wildman–Crippen MR) is 57.0 cm³/mol. The molecule has 1 aliphatic rings. The van der Waals surface area contributed by atoms with E-state index in [0.29, 0.717) is 26.4 Å². The molecular formula is C10H20N2O3. The van der Waals surface area contributed by atoms with E-state index in [4.69, 9.17) is 9.47 Å². The number of hydrogen-bond donors (Lipinski definition) is 1. The van der Waals surface area contributed by atoms with Crippen molar-refractivity contribution in [1.82, 2.24) is 10.2 Å². The Morgan fingerprint density at radius 3 is 2.87 bits per heavy atom. The van der Waals surface area contributed by atoms with E-state index in [2.05, 4.69) is 10.2 Å². The van der Waals surface area contributed by atoms with E-state index in [0.717, 1.165) is 25.9 Å². The predicted octanol–water partition coefficient (Wildman–Crippen LogP) is -0.878. The second kappa shape index (κ2) is 7.76. The Kier molecular flexibility index (Phi) is 6.50. The van der Waals surface area contributed by atoms with Gasteiger partial charge in [0, 0.05) is 19.6 Å². The van der Waals surface area contributed by atoms with Gasteiger partial charge in [0.1, 0.15) is 6.29 Å². The van der Waals surface area contributed by atoms with Crippen molar-refractivity contribution in [3.8, 4) is 0 Å². The van der Waals surface area contributed by atoms with E-state index in [1.54, 1.807) is 0 Å². The molecule has 1 fully saturated rings. The highest BCUT2D eigenvalue weighted by atomic mass is 16.5. The maximum atomic E-state index is 10.9. The maximum absolute atomic E-state index is 10.9. The molecule has 1 unspecified atom stereocenters. The van der Waals surface area contributed by atoms with Gasteiger partial charge in [0.05, 0.1) is 32.5 Å². The van der Waals surface area contributed by atoms with E-state index < -0.39 is 0 Å². The number of carbonyl (C=O) groups excluding carboxylic acids is 1. The Bertz CT molecular complexity index is 172. The molecule has 5 nitrogen and oxygen atoms in total. The highest BCUT2D eigenvalue weighted by molar-refractivity contribution is 5.57. The van der Waals surface area contributed by atoms with E-state index in [1.165, 1.54) is 0 Å². The summed E-state index contributed by atoms with van der Waals surface area (Å²) in [6.45, 7) is 4.99. The number of nitrogens with one attached hydrogen (secondary N) is 1. The van der Waals surface area contributed by atoms with E-state index in [1.807, 2.05) is 7.05 Å². The van der Waals surface area contributed by atoms with Gasteiger partial charge >= 0.3 is 0 Å². The first kappa shape index (κ1) is 12.6. The van der Waals surface area contributed by atoms with Gasteiger partial charge in [-0.2, -0.15) is 0 Å². The molecule has 0 radical (unpaired) electrons. The number of morpholine rings is 1. The second-order valence-corrected chi connectivity index (χ2v) is 3.53. The minimum Gasteiger partial charge on any atom is -0.379 e. The Morgan fingerprint density at radius 2 is 2.27 bits per heavy atom. The zero-order valence-electron chi connectivity index (χ0n) is 9.28. The summed E-state index contributed by atoms with van der Waals surface area (Å²) in [5, 5.41) is 2.99. The van der Waals surface area contributed by atoms with Crippen LogP contribution in [-0.2, 0) is 14.3 Å². The van der Waals surface area contributed by atoms with Crippen molar-refractivity contribution in [1.29, 1.82) is 0 Å². The summed E-state index contributed by atoms with van der Waals surface area (Å²) in [5.41, 5.74) is 0. The van der Waals surface area contributed by atoms with Crippen molar-refractivity contribution in [2.75, 3.05) is 53.1 Å². The van der Waals surface area contributed by atoms with Crippen LogP contribution in [0.3, 0.4) is 0 Å². The van der Waals surface area contributed by atoms with Crippen molar-refractivity contribution in [3.05, 3.63) is 0 Å². The van der Waals surface area contributed by atoms with Gasteiger partial charge in [-0.15, -0.1) is 0 Å². The molecule has 1 rings (SSSR count). The molecule has 0 aromatic carbocycles. The van der Waals surface area contributed by atoms with Crippen LogP contribution in [0.5, 0.6) is 0 Å². The van der Waals surface area contributed by atoms with Crippen LogP contribution < -0.4 is 5.32 Å². The molecule has 0 amide bonds. The summed E-state index contributed by atoms with van der Waals surface area (Å²) in [6.07, 6.45) is 0.963. The Morgan fingerprint density at radius 1 is 1.53 bits per heavy atom. The summed E-state index contributed by atoms with van der Waals surface area (Å²) in [6, 6.07) is -0.120. The fourth-order valence-corrected chi connectivity index (χ4v) is 1.52. The molecule has 1 saturated heterocycles. The molecule has 0 aromatic rings. The maximum Gasteiger partial charge on any atom is 0.139 e. The zero-order chi connectivity index (χ0) is 10.9. The molecule has 0 saturated carbocycles. The Labute approximate surface area is 90.7 Å². The van der Waals surface area contributed by atoms with Crippen molar-refractivity contribution >= 4 is 6.29 Å². The molecule has 88 valence electrons. The molecule has 1 aliphatic heterocycles. The number of aldehydes is 1. The van der Waals surface area contributed by atoms with Gasteiger partial charge in [0.25, 0.3) is 0 Å². The fourth-order valence-electron chi connectivity index (χ4n) is 1.52. The third kappa shape index (κ3) is 4.70. The van der Waals surface area contributed by atoms with Gasteiger partial charge in [-0.25, -0.2) is 0 Å².